The number of thiophene rings is 1. The SMILES string of the molecule is O=C(O)C(Cc1c[nH]c2ccccc12)NS(=O)(=O)c1ccc(N2CCC(CCCC3CCN(S(=O)(=O)c4cc(Br)c(Cl)s4)CC3)CC2)c(Cl)c1. The molecule has 10 nitrogen and oxygen atoms in total. The van der Waals surface area contributed by atoms with Gasteiger partial charge in [-0.1, -0.05) is 60.7 Å². The van der Waals surface area contributed by atoms with Gasteiger partial charge in [0.1, 0.15) is 14.6 Å². The number of hydrogen-bond acceptors (Lipinski definition) is 7. The third kappa shape index (κ3) is 8.54. The molecular formula is C34H39BrCl2N4O6S3. The molecule has 0 aliphatic carbocycles. The Hall–Kier alpha value is -2.17. The van der Waals surface area contributed by atoms with E-state index >= 15 is 0 Å². The number of nitrogens with one attached hydrogen (secondary N) is 2. The normalized spacial score (nSPS) is 17.8. The van der Waals surface area contributed by atoms with Gasteiger partial charge < -0.3 is 15.0 Å². The lowest BCUT2D eigenvalue weighted by molar-refractivity contribution is -0.138. The van der Waals surface area contributed by atoms with E-state index < -0.39 is 32.1 Å². The van der Waals surface area contributed by atoms with Crippen LogP contribution < -0.4 is 9.62 Å². The van der Waals surface area contributed by atoms with Crippen molar-refractivity contribution >= 4 is 93.1 Å². The molecule has 1 unspecified atom stereocenters. The van der Waals surface area contributed by atoms with Crippen LogP contribution in [-0.4, -0.2) is 69.4 Å². The van der Waals surface area contributed by atoms with E-state index in [0.29, 0.717) is 44.3 Å². The minimum Gasteiger partial charge on any atom is -0.480 e. The van der Waals surface area contributed by atoms with Crippen molar-refractivity contribution < 1.29 is 26.7 Å². The summed E-state index contributed by atoms with van der Waals surface area (Å²) >= 11 is 17.1. The summed E-state index contributed by atoms with van der Waals surface area (Å²) in [7, 11) is -7.69. The van der Waals surface area contributed by atoms with Crippen LogP contribution in [0.3, 0.4) is 0 Å². The van der Waals surface area contributed by atoms with Crippen molar-refractivity contribution in [1.82, 2.24) is 14.0 Å². The largest absolute Gasteiger partial charge is 0.480 e. The van der Waals surface area contributed by atoms with Crippen LogP contribution in [0, 0.1) is 11.8 Å². The third-order valence-electron chi connectivity index (χ3n) is 9.89. The Labute approximate surface area is 315 Å². The first-order valence-electron chi connectivity index (χ1n) is 16.6. The van der Waals surface area contributed by atoms with Gasteiger partial charge in [-0.05, 0) is 89.3 Å². The number of hydrogen-bond donors (Lipinski definition) is 3. The molecule has 2 aromatic carbocycles. The van der Waals surface area contributed by atoms with Gasteiger partial charge in [0.15, 0.2) is 0 Å². The third-order valence-corrected chi connectivity index (χ3v) is 16.5. The summed E-state index contributed by atoms with van der Waals surface area (Å²) < 4.78 is 57.9. The molecule has 0 spiro atoms. The highest BCUT2D eigenvalue weighted by Crippen LogP contribution is 2.38. The number of nitrogens with zero attached hydrogens (tertiary/aromatic N) is 2. The molecular weight excluding hydrogens is 807 g/mol. The van der Waals surface area contributed by atoms with Crippen LogP contribution in [0.4, 0.5) is 5.69 Å². The van der Waals surface area contributed by atoms with E-state index in [1.807, 2.05) is 24.3 Å². The van der Waals surface area contributed by atoms with Crippen molar-refractivity contribution in [1.29, 1.82) is 0 Å². The molecule has 0 bridgehead atoms. The van der Waals surface area contributed by atoms with E-state index in [0.717, 1.165) is 86.0 Å². The average Bonchev–Trinajstić information content (AvgIpc) is 3.67. The van der Waals surface area contributed by atoms with Crippen LogP contribution in [-0.2, 0) is 31.3 Å². The van der Waals surface area contributed by atoms with E-state index in [1.54, 1.807) is 22.6 Å². The lowest BCUT2D eigenvalue weighted by atomic mass is 9.87. The maximum absolute atomic E-state index is 13.3. The van der Waals surface area contributed by atoms with Gasteiger partial charge in [-0.15, -0.1) is 11.3 Å². The smallest absolute Gasteiger partial charge is 0.322 e. The van der Waals surface area contributed by atoms with Crippen molar-refractivity contribution in [3.8, 4) is 0 Å². The van der Waals surface area contributed by atoms with Gasteiger partial charge in [0, 0.05) is 54.2 Å². The van der Waals surface area contributed by atoms with Crippen LogP contribution in [0.5, 0.6) is 0 Å². The fourth-order valence-corrected chi connectivity index (χ4v) is 12.5. The maximum atomic E-state index is 13.3. The highest BCUT2D eigenvalue weighted by molar-refractivity contribution is 9.10. The van der Waals surface area contributed by atoms with Crippen LogP contribution in [0.1, 0.15) is 50.5 Å². The van der Waals surface area contributed by atoms with Crippen molar-refractivity contribution in [2.75, 3.05) is 31.1 Å². The minimum absolute atomic E-state index is 0.0204. The lowest BCUT2D eigenvalue weighted by Gasteiger charge is -2.35. The quantitative estimate of drug-likeness (QED) is 0.125. The number of rotatable bonds is 13. The monoisotopic (exact) mass is 844 g/mol. The number of halogens is 3. The maximum Gasteiger partial charge on any atom is 0.322 e. The van der Waals surface area contributed by atoms with Gasteiger partial charge in [-0.2, -0.15) is 9.03 Å². The van der Waals surface area contributed by atoms with E-state index in [9.17, 15) is 26.7 Å². The Bertz CT molecular complexity index is 2040. The molecule has 16 heteroatoms. The van der Waals surface area contributed by atoms with Crippen LogP contribution in [0.15, 0.2) is 68.3 Å². The number of anilines is 1. The van der Waals surface area contributed by atoms with Crippen LogP contribution in [0.2, 0.25) is 9.36 Å². The second-order valence-corrected chi connectivity index (χ2v) is 19.9. The fraction of sp³-hybridized carbons (Fsp3) is 0.441. The van der Waals surface area contributed by atoms with Crippen molar-refractivity contribution in [2.45, 2.75) is 66.5 Å². The van der Waals surface area contributed by atoms with Crippen molar-refractivity contribution in [3.63, 3.8) is 0 Å². The number of piperidine rings is 2. The molecule has 0 amide bonds. The Balaban J connectivity index is 0.961. The number of benzene rings is 2. The summed E-state index contributed by atoms with van der Waals surface area (Å²) in [6, 6.07) is 12.2. The molecule has 2 aromatic heterocycles. The predicted molar refractivity (Wildman–Crippen MR) is 202 cm³/mol. The molecule has 50 heavy (non-hydrogen) atoms. The number of carboxylic acid groups (broad SMARTS) is 1. The standard InChI is InChI=1S/C34H39BrCl2N4O6S3/c35-27-20-32(48-33(27)37)50(46,47)41-16-12-23(13-17-41)5-3-4-22-10-14-40(15-11-22)31-9-8-25(19-28(31)36)49(44,45)39-30(34(42)43)18-24-21-38-29-7-2-1-6-26(24)29/h1-2,6-9,19-23,30,38-39H,3-5,10-18H2,(H,42,43). The highest BCUT2D eigenvalue weighted by Gasteiger charge is 2.32. The molecule has 2 fully saturated rings. The van der Waals surface area contributed by atoms with Crippen molar-refractivity contribution in [2.24, 2.45) is 11.8 Å². The van der Waals surface area contributed by atoms with Crippen LogP contribution in [0.25, 0.3) is 10.9 Å². The molecule has 2 aliphatic rings. The summed E-state index contributed by atoms with van der Waals surface area (Å²) in [5, 5.41) is 11.0. The first kappa shape index (κ1) is 37.6. The number of aromatic amines is 1. The number of sulfonamides is 2. The topological polar surface area (TPSA) is 140 Å². The van der Waals surface area contributed by atoms with Gasteiger partial charge >= 0.3 is 5.97 Å². The van der Waals surface area contributed by atoms with Gasteiger partial charge in [-0.3, -0.25) is 4.79 Å². The number of aromatic nitrogens is 1. The number of para-hydroxylation sites is 1. The van der Waals surface area contributed by atoms with E-state index in [1.165, 1.54) is 12.1 Å². The van der Waals surface area contributed by atoms with Crippen LogP contribution >= 0.6 is 50.5 Å². The molecule has 6 rings (SSSR count). The minimum atomic E-state index is -4.17. The molecule has 270 valence electrons. The molecule has 2 saturated heterocycles. The summed E-state index contributed by atoms with van der Waals surface area (Å²) in [5.74, 6) is -0.168. The molecule has 0 saturated carbocycles. The second kappa shape index (κ2) is 15.8. The Morgan fingerprint density at radius 1 is 0.980 bits per heavy atom. The Kier molecular flexibility index (Phi) is 11.9. The Morgan fingerprint density at radius 3 is 2.26 bits per heavy atom. The number of carboxylic acids is 1. The number of aliphatic carboxylic acids is 1. The van der Waals surface area contributed by atoms with Gasteiger partial charge in [0.2, 0.25) is 10.0 Å². The van der Waals surface area contributed by atoms with E-state index in [2.05, 4.69) is 30.5 Å². The summed E-state index contributed by atoms with van der Waals surface area (Å²) in [6.07, 6.45) is 8.72. The molecule has 2 aliphatic heterocycles. The molecule has 3 N–H and O–H groups in total. The number of fused-ring (bicyclic) bond motifs is 1. The van der Waals surface area contributed by atoms with E-state index in [4.69, 9.17) is 23.2 Å². The van der Waals surface area contributed by atoms with Gasteiger partial charge in [0.05, 0.1) is 15.6 Å². The predicted octanol–water partition coefficient (Wildman–Crippen LogP) is 7.76. The summed E-state index contributed by atoms with van der Waals surface area (Å²) in [5.41, 5.74) is 2.31. The Morgan fingerprint density at radius 2 is 1.64 bits per heavy atom. The highest BCUT2D eigenvalue weighted by atomic mass is 79.9. The molecule has 1 atom stereocenters. The fourth-order valence-electron chi connectivity index (χ4n) is 7.04. The summed E-state index contributed by atoms with van der Waals surface area (Å²) in [4.78, 5) is 17.3. The zero-order valence-corrected chi connectivity index (χ0v) is 32.7. The van der Waals surface area contributed by atoms with Gasteiger partial charge in [0.25, 0.3) is 10.0 Å². The number of H-pyrrole nitrogens is 1. The molecule has 4 heterocycles. The van der Waals surface area contributed by atoms with Gasteiger partial charge in [-0.25, -0.2) is 16.8 Å². The number of carbonyl (C=O) groups is 1. The molecule has 0 radical (unpaired) electrons. The first-order valence-corrected chi connectivity index (χ1v) is 21.9. The zero-order chi connectivity index (χ0) is 35.6. The zero-order valence-electron chi connectivity index (χ0n) is 27.2. The van der Waals surface area contributed by atoms with E-state index in [-0.39, 0.29) is 15.5 Å². The second-order valence-electron chi connectivity index (χ2n) is 13.1. The average molecular weight is 847 g/mol. The summed E-state index contributed by atoms with van der Waals surface area (Å²) in [6.45, 7) is 2.67. The first-order chi connectivity index (χ1) is 23.8. The molecule has 4 aromatic rings. The lowest BCUT2D eigenvalue weighted by Crippen LogP contribution is -2.42. The van der Waals surface area contributed by atoms with Crippen molar-refractivity contribution in [3.05, 3.63) is 74.1 Å².